The first-order chi connectivity index (χ1) is 13.9. The monoisotopic (exact) mass is 387 g/mol. The van der Waals surface area contributed by atoms with Crippen LogP contribution in [0.5, 0.6) is 0 Å². The molecule has 0 aliphatic carbocycles. The number of carbonyl (C=O) groups is 1. The van der Waals surface area contributed by atoms with Gasteiger partial charge in [-0.3, -0.25) is 14.9 Å². The number of benzene rings is 3. The van der Waals surface area contributed by atoms with Gasteiger partial charge in [-0.2, -0.15) is 0 Å². The fourth-order valence-electron chi connectivity index (χ4n) is 3.09. The van der Waals surface area contributed by atoms with Crippen molar-refractivity contribution in [3.63, 3.8) is 0 Å². The molecular formula is C22H17N3O4. The minimum atomic E-state index is -0.500. The highest BCUT2D eigenvalue weighted by Crippen LogP contribution is 2.27. The first-order valence-corrected chi connectivity index (χ1v) is 8.95. The van der Waals surface area contributed by atoms with Gasteiger partial charge in [0.25, 0.3) is 11.6 Å². The lowest BCUT2D eigenvalue weighted by atomic mass is 10.1. The van der Waals surface area contributed by atoms with E-state index in [1.54, 1.807) is 31.2 Å². The lowest BCUT2D eigenvalue weighted by Crippen LogP contribution is -2.14. The molecule has 0 aliphatic rings. The third-order valence-electron chi connectivity index (χ3n) is 4.69. The van der Waals surface area contributed by atoms with Crippen LogP contribution in [0.4, 0.5) is 11.4 Å². The van der Waals surface area contributed by atoms with E-state index in [1.165, 1.54) is 12.1 Å². The van der Waals surface area contributed by atoms with Crippen LogP contribution in [0.3, 0.4) is 0 Å². The average molecular weight is 387 g/mol. The van der Waals surface area contributed by atoms with Gasteiger partial charge in [0.2, 0.25) is 5.89 Å². The molecule has 1 amide bonds. The van der Waals surface area contributed by atoms with Gasteiger partial charge < -0.3 is 9.73 Å². The molecule has 0 bridgehead atoms. The first kappa shape index (κ1) is 18.4. The zero-order valence-corrected chi connectivity index (χ0v) is 15.8. The summed E-state index contributed by atoms with van der Waals surface area (Å²) in [5.41, 5.74) is 4.22. The maximum absolute atomic E-state index is 12.6. The van der Waals surface area contributed by atoms with Crippen LogP contribution in [0.15, 0.2) is 65.1 Å². The molecule has 4 rings (SSSR count). The van der Waals surface area contributed by atoms with Crippen LogP contribution in [0.2, 0.25) is 0 Å². The summed E-state index contributed by atoms with van der Waals surface area (Å²) in [6.07, 6.45) is 0. The highest BCUT2D eigenvalue weighted by atomic mass is 16.6. The Morgan fingerprint density at radius 2 is 1.83 bits per heavy atom. The van der Waals surface area contributed by atoms with E-state index in [9.17, 15) is 14.9 Å². The van der Waals surface area contributed by atoms with Gasteiger partial charge in [-0.1, -0.05) is 23.8 Å². The maximum atomic E-state index is 12.6. The summed E-state index contributed by atoms with van der Waals surface area (Å²) in [4.78, 5) is 27.7. The molecule has 0 saturated carbocycles. The molecule has 0 unspecified atom stereocenters. The Balaban J connectivity index is 1.62. The second-order valence-electron chi connectivity index (χ2n) is 6.73. The van der Waals surface area contributed by atoms with Crippen LogP contribution in [0, 0.1) is 24.0 Å². The Kier molecular flexibility index (Phi) is 4.56. The molecular weight excluding hydrogens is 370 g/mol. The molecule has 7 heteroatoms. The Labute approximate surface area is 166 Å². The number of anilines is 1. The minimum absolute atomic E-state index is 0.0904. The first-order valence-electron chi connectivity index (χ1n) is 8.95. The van der Waals surface area contributed by atoms with Crippen LogP contribution < -0.4 is 5.32 Å². The molecule has 0 spiro atoms. The normalized spacial score (nSPS) is 10.8. The second kappa shape index (κ2) is 7.20. The van der Waals surface area contributed by atoms with Crippen molar-refractivity contribution >= 4 is 28.4 Å². The number of aryl methyl sites for hydroxylation is 1. The third-order valence-corrected chi connectivity index (χ3v) is 4.69. The zero-order valence-electron chi connectivity index (χ0n) is 15.8. The minimum Gasteiger partial charge on any atom is -0.436 e. The summed E-state index contributed by atoms with van der Waals surface area (Å²) in [6, 6.07) is 17.4. The average Bonchev–Trinajstić information content (AvgIpc) is 3.11. The quantitative estimate of drug-likeness (QED) is 0.380. The van der Waals surface area contributed by atoms with Gasteiger partial charge in [0.05, 0.1) is 4.92 Å². The molecule has 0 fully saturated rings. The number of carbonyl (C=O) groups excluding carboxylic acids is 1. The number of aromatic nitrogens is 1. The molecule has 29 heavy (non-hydrogen) atoms. The van der Waals surface area contributed by atoms with Gasteiger partial charge >= 0.3 is 0 Å². The summed E-state index contributed by atoms with van der Waals surface area (Å²) in [5, 5.41) is 13.9. The zero-order chi connectivity index (χ0) is 20.5. The highest BCUT2D eigenvalue weighted by molar-refractivity contribution is 6.06. The van der Waals surface area contributed by atoms with Crippen molar-refractivity contribution in [1.82, 2.24) is 4.98 Å². The largest absolute Gasteiger partial charge is 0.436 e. The molecule has 0 saturated heterocycles. The lowest BCUT2D eigenvalue weighted by molar-refractivity contribution is -0.385. The van der Waals surface area contributed by atoms with Crippen LogP contribution >= 0.6 is 0 Å². The Morgan fingerprint density at radius 3 is 2.55 bits per heavy atom. The van der Waals surface area contributed by atoms with Crippen LogP contribution in [-0.4, -0.2) is 15.8 Å². The van der Waals surface area contributed by atoms with Crippen molar-refractivity contribution in [1.29, 1.82) is 0 Å². The highest BCUT2D eigenvalue weighted by Gasteiger charge is 2.18. The van der Waals surface area contributed by atoms with E-state index in [1.807, 2.05) is 31.2 Å². The number of hydrogen-bond donors (Lipinski definition) is 1. The van der Waals surface area contributed by atoms with E-state index >= 15 is 0 Å². The standard InChI is InChI=1S/C22H17N3O4/c1-13-6-8-15(9-7-13)22-24-18-12-16(10-11-20(18)29-22)23-21(26)17-4-3-5-19(14(17)2)25(27)28/h3-12H,1-2H3,(H,23,26). The van der Waals surface area contributed by atoms with E-state index in [2.05, 4.69) is 10.3 Å². The van der Waals surface area contributed by atoms with Crippen molar-refractivity contribution in [3.05, 3.63) is 87.5 Å². The van der Waals surface area contributed by atoms with E-state index in [0.717, 1.165) is 11.1 Å². The van der Waals surface area contributed by atoms with Gasteiger partial charge in [-0.25, -0.2) is 4.98 Å². The van der Waals surface area contributed by atoms with Crippen LogP contribution in [0.1, 0.15) is 21.5 Å². The van der Waals surface area contributed by atoms with Gasteiger partial charge in [-0.15, -0.1) is 0 Å². The summed E-state index contributed by atoms with van der Waals surface area (Å²) in [5.74, 6) is 0.0748. The van der Waals surface area contributed by atoms with Crippen LogP contribution in [-0.2, 0) is 0 Å². The fourth-order valence-corrected chi connectivity index (χ4v) is 3.09. The van der Waals surface area contributed by atoms with Crippen LogP contribution in [0.25, 0.3) is 22.6 Å². The molecule has 0 radical (unpaired) electrons. The molecule has 1 N–H and O–H groups in total. The predicted octanol–water partition coefficient (Wildman–Crippen LogP) is 5.27. The Bertz CT molecular complexity index is 1240. The molecule has 1 aromatic heterocycles. The number of fused-ring (bicyclic) bond motifs is 1. The van der Waals surface area contributed by atoms with Gasteiger partial charge in [-0.05, 0) is 50.2 Å². The third kappa shape index (κ3) is 3.58. The topological polar surface area (TPSA) is 98.3 Å². The van der Waals surface area contributed by atoms with E-state index in [0.29, 0.717) is 28.2 Å². The number of rotatable bonds is 4. The van der Waals surface area contributed by atoms with Crippen molar-refractivity contribution in [2.24, 2.45) is 0 Å². The fraction of sp³-hybridized carbons (Fsp3) is 0.0909. The van der Waals surface area contributed by atoms with Crippen molar-refractivity contribution in [2.75, 3.05) is 5.32 Å². The molecule has 144 valence electrons. The number of nitrogens with zero attached hydrogens (tertiary/aromatic N) is 2. The molecule has 3 aromatic carbocycles. The Morgan fingerprint density at radius 1 is 1.07 bits per heavy atom. The Hall–Kier alpha value is -4.00. The number of oxazole rings is 1. The number of nitro groups is 1. The van der Waals surface area contributed by atoms with Gasteiger partial charge in [0.1, 0.15) is 5.52 Å². The molecule has 7 nitrogen and oxygen atoms in total. The summed E-state index contributed by atoms with van der Waals surface area (Å²) < 4.78 is 5.80. The van der Waals surface area contributed by atoms with E-state index < -0.39 is 10.8 Å². The maximum Gasteiger partial charge on any atom is 0.273 e. The predicted molar refractivity (Wildman–Crippen MR) is 110 cm³/mol. The number of amides is 1. The summed E-state index contributed by atoms with van der Waals surface area (Å²) in [7, 11) is 0. The molecule has 4 aromatic rings. The smallest absolute Gasteiger partial charge is 0.273 e. The molecule has 0 atom stereocenters. The number of hydrogen-bond acceptors (Lipinski definition) is 5. The van der Waals surface area contributed by atoms with Gasteiger partial charge in [0, 0.05) is 28.4 Å². The van der Waals surface area contributed by atoms with E-state index in [-0.39, 0.29) is 11.3 Å². The summed E-state index contributed by atoms with van der Waals surface area (Å²) in [6.45, 7) is 3.57. The van der Waals surface area contributed by atoms with Gasteiger partial charge in [0.15, 0.2) is 5.58 Å². The summed E-state index contributed by atoms with van der Waals surface area (Å²) >= 11 is 0. The van der Waals surface area contributed by atoms with Crippen molar-refractivity contribution < 1.29 is 14.1 Å². The number of nitro benzene ring substituents is 1. The second-order valence-corrected chi connectivity index (χ2v) is 6.73. The SMILES string of the molecule is Cc1ccc(-c2nc3cc(NC(=O)c4cccc([N+](=O)[O-])c4C)ccc3o2)cc1. The lowest BCUT2D eigenvalue weighted by Gasteiger charge is -2.07. The number of nitrogens with one attached hydrogen (secondary N) is 1. The molecule has 1 heterocycles. The van der Waals surface area contributed by atoms with Crippen molar-refractivity contribution in [2.45, 2.75) is 13.8 Å². The van der Waals surface area contributed by atoms with E-state index in [4.69, 9.17) is 4.42 Å². The molecule has 0 aliphatic heterocycles. The van der Waals surface area contributed by atoms with Crippen molar-refractivity contribution in [3.8, 4) is 11.5 Å².